The summed E-state index contributed by atoms with van der Waals surface area (Å²) in [6.07, 6.45) is 2.15. The summed E-state index contributed by atoms with van der Waals surface area (Å²) in [4.78, 5) is 27.9. The number of carbonyl (C=O) groups is 2. The van der Waals surface area contributed by atoms with Gasteiger partial charge in [-0.25, -0.2) is 0 Å². The highest BCUT2D eigenvalue weighted by Gasteiger charge is 2.42. The van der Waals surface area contributed by atoms with Gasteiger partial charge in [-0.15, -0.1) is 0 Å². The molecule has 1 heterocycles. The fraction of sp³-hybridized carbons (Fsp3) is 0.391. The van der Waals surface area contributed by atoms with Crippen LogP contribution in [0.3, 0.4) is 0 Å². The van der Waals surface area contributed by atoms with Crippen LogP contribution in [0.2, 0.25) is 0 Å². The number of methoxy groups -OCH3 is 2. The van der Waals surface area contributed by atoms with Crippen LogP contribution < -0.4 is 19.5 Å². The first-order chi connectivity index (χ1) is 14.6. The molecule has 0 spiro atoms. The van der Waals surface area contributed by atoms with Gasteiger partial charge in [-0.05, 0) is 37.1 Å². The summed E-state index contributed by atoms with van der Waals surface area (Å²) in [6.45, 7) is 0.325. The predicted octanol–water partition coefficient (Wildman–Crippen LogP) is 2.64. The van der Waals surface area contributed by atoms with E-state index in [0.717, 1.165) is 18.6 Å². The van der Waals surface area contributed by atoms with Crippen LogP contribution >= 0.6 is 0 Å². The molecule has 2 aliphatic rings. The number of hydrogen-bond acceptors (Lipinski definition) is 5. The molecule has 1 saturated carbocycles. The highest BCUT2D eigenvalue weighted by atomic mass is 16.5. The van der Waals surface area contributed by atoms with Crippen molar-refractivity contribution in [3.8, 4) is 17.2 Å². The first-order valence-corrected chi connectivity index (χ1v) is 10.1. The third-order valence-electron chi connectivity index (χ3n) is 5.44. The van der Waals surface area contributed by atoms with E-state index in [2.05, 4.69) is 5.32 Å². The van der Waals surface area contributed by atoms with Crippen LogP contribution in [-0.2, 0) is 4.79 Å². The molecule has 4 rings (SSSR count). The van der Waals surface area contributed by atoms with Crippen LogP contribution in [0.5, 0.6) is 17.2 Å². The van der Waals surface area contributed by atoms with Crippen LogP contribution in [0.4, 0.5) is 0 Å². The molecule has 7 nitrogen and oxygen atoms in total. The molecule has 1 aliphatic carbocycles. The van der Waals surface area contributed by atoms with Crippen molar-refractivity contribution in [2.45, 2.75) is 37.5 Å². The summed E-state index contributed by atoms with van der Waals surface area (Å²) in [5, 5.41) is 3.02. The number of rotatable bonds is 7. The molecule has 2 aromatic rings. The largest absolute Gasteiger partial charge is 0.497 e. The Hall–Kier alpha value is -3.22. The molecule has 1 N–H and O–H groups in total. The lowest BCUT2D eigenvalue weighted by Gasteiger charge is -2.24. The van der Waals surface area contributed by atoms with Crippen molar-refractivity contribution in [2.75, 3.05) is 20.8 Å². The van der Waals surface area contributed by atoms with Crippen LogP contribution in [-0.4, -0.2) is 55.7 Å². The zero-order valence-electron chi connectivity index (χ0n) is 17.2. The zero-order chi connectivity index (χ0) is 21.1. The summed E-state index contributed by atoms with van der Waals surface area (Å²) in [5.74, 6) is 1.34. The summed E-state index contributed by atoms with van der Waals surface area (Å²) in [5.41, 5.74) is 0.392. The standard InChI is InChI=1S/C23H26N2O5/c1-28-17-10-11-19(21(13-17)29-2)23(27)25-14-18(30-16-6-4-3-5-7-16)12-20(25)22(26)24-15-8-9-15/h3-7,10-11,13,15,18,20H,8-9,12,14H2,1-2H3,(H,24,26)/t18-,20-/m0/s1. The number of amides is 2. The number of nitrogens with one attached hydrogen (secondary N) is 1. The minimum Gasteiger partial charge on any atom is -0.497 e. The van der Waals surface area contributed by atoms with E-state index in [1.54, 1.807) is 30.2 Å². The van der Waals surface area contributed by atoms with Gasteiger partial charge >= 0.3 is 0 Å². The maximum absolute atomic E-state index is 13.4. The monoisotopic (exact) mass is 410 g/mol. The molecule has 30 heavy (non-hydrogen) atoms. The van der Waals surface area contributed by atoms with E-state index in [0.29, 0.717) is 30.0 Å². The minimum atomic E-state index is -0.585. The van der Waals surface area contributed by atoms with Gasteiger partial charge in [0.15, 0.2) is 0 Å². The Balaban J connectivity index is 1.57. The van der Waals surface area contributed by atoms with E-state index in [1.165, 1.54) is 7.11 Å². The lowest BCUT2D eigenvalue weighted by molar-refractivity contribution is -0.125. The molecule has 1 saturated heterocycles. The van der Waals surface area contributed by atoms with E-state index in [4.69, 9.17) is 14.2 Å². The van der Waals surface area contributed by atoms with Gasteiger partial charge in [0.25, 0.3) is 5.91 Å². The summed E-state index contributed by atoms with van der Waals surface area (Å²) in [7, 11) is 3.06. The Morgan fingerprint density at radius 1 is 1.00 bits per heavy atom. The van der Waals surface area contributed by atoms with Crippen LogP contribution in [0, 0.1) is 0 Å². The second kappa shape index (κ2) is 8.65. The quantitative estimate of drug-likeness (QED) is 0.759. The normalized spacial score (nSPS) is 20.5. The Morgan fingerprint density at radius 3 is 2.43 bits per heavy atom. The van der Waals surface area contributed by atoms with Crippen molar-refractivity contribution < 1.29 is 23.8 Å². The molecule has 0 unspecified atom stereocenters. The third kappa shape index (κ3) is 4.35. The van der Waals surface area contributed by atoms with Crippen molar-refractivity contribution in [2.24, 2.45) is 0 Å². The van der Waals surface area contributed by atoms with Gasteiger partial charge in [0.2, 0.25) is 5.91 Å². The van der Waals surface area contributed by atoms with Crippen molar-refractivity contribution in [3.05, 3.63) is 54.1 Å². The second-order valence-corrected chi connectivity index (χ2v) is 7.61. The van der Waals surface area contributed by atoms with E-state index in [1.807, 2.05) is 30.3 Å². The van der Waals surface area contributed by atoms with E-state index in [9.17, 15) is 9.59 Å². The second-order valence-electron chi connectivity index (χ2n) is 7.61. The molecule has 0 radical (unpaired) electrons. The van der Waals surface area contributed by atoms with Gasteiger partial charge in [0.05, 0.1) is 26.3 Å². The fourth-order valence-corrected chi connectivity index (χ4v) is 3.70. The minimum absolute atomic E-state index is 0.127. The number of nitrogens with zero attached hydrogens (tertiary/aromatic N) is 1. The van der Waals surface area contributed by atoms with E-state index < -0.39 is 6.04 Å². The number of ether oxygens (including phenoxy) is 3. The Kier molecular flexibility index (Phi) is 5.79. The number of benzene rings is 2. The highest BCUT2D eigenvalue weighted by Crippen LogP contribution is 2.30. The lowest BCUT2D eigenvalue weighted by Crippen LogP contribution is -2.46. The molecule has 1 aliphatic heterocycles. The van der Waals surface area contributed by atoms with Crippen molar-refractivity contribution >= 4 is 11.8 Å². The summed E-state index contributed by atoms with van der Waals surface area (Å²) < 4.78 is 16.7. The Bertz CT molecular complexity index is 913. The summed E-state index contributed by atoms with van der Waals surface area (Å²) >= 11 is 0. The van der Waals surface area contributed by atoms with Crippen LogP contribution in [0.1, 0.15) is 29.6 Å². The first kappa shape index (κ1) is 20.1. The average molecular weight is 410 g/mol. The molecule has 0 aromatic heterocycles. The molecule has 2 fully saturated rings. The number of hydrogen-bond donors (Lipinski definition) is 1. The van der Waals surface area contributed by atoms with Crippen LogP contribution in [0.15, 0.2) is 48.5 Å². The van der Waals surface area contributed by atoms with Gasteiger partial charge in [-0.3, -0.25) is 9.59 Å². The first-order valence-electron chi connectivity index (χ1n) is 10.1. The van der Waals surface area contributed by atoms with Gasteiger partial charge in [-0.1, -0.05) is 18.2 Å². The molecule has 2 aromatic carbocycles. The SMILES string of the molecule is COc1ccc(C(=O)N2C[C@@H](Oc3ccccc3)C[C@H]2C(=O)NC2CC2)c(OC)c1. The van der Waals surface area contributed by atoms with Gasteiger partial charge in [0.1, 0.15) is 29.4 Å². The zero-order valence-corrected chi connectivity index (χ0v) is 17.2. The van der Waals surface area contributed by atoms with Crippen molar-refractivity contribution in [3.63, 3.8) is 0 Å². The van der Waals surface area contributed by atoms with Gasteiger partial charge in [-0.2, -0.15) is 0 Å². The molecule has 7 heteroatoms. The van der Waals surface area contributed by atoms with Crippen LogP contribution in [0.25, 0.3) is 0 Å². The maximum Gasteiger partial charge on any atom is 0.258 e. The summed E-state index contributed by atoms with van der Waals surface area (Å²) in [6, 6.07) is 14.1. The third-order valence-corrected chi connectivity index (χ3v) is 5.44. The van der Waals surface area contributed by atoms with Crippen molar-refractivity contribution in [1.82, 2.24) is 10.2 Å². The number of likely N-dealkylation sites (tertiary alicyclic amines) is 1. The maximum atomic E-state index is 13.4. The molecule has 158 valence electrons. The molecule has 2 amide bonds. The predicted molar refractivity (Wildman–Crippen MR) is 111 cm³/mol. The van der Waals surface area contributed by atoms with E-state index >= 15 is 0 Å². The van der Waals surface area contributed by atoms with E-state index in [-0.39, 0.29) is 24.0 Å². The Morgan fingerprint density at radius 2 is 1.77 bits per heavy atom. The molecular formula is C23H26N2O5. The fourth-order valence-electron chi connectivity index (χ4n) is 3.70. The average Bonchev–Trinajstić information content (AvgIpc) is 3.49. The smallest absolute Gasteiger partial charge is 0.258 e. The van der Waals surface area contributed by atoms with Gasteiger partial charge < -0.3 is 24.4 Å². The molecule has 0 bridgehead atoms. The molecular weight excluding hydrogens is 384 g/mol. The lowest BCUT2D eigenvalue weighted by atomic mass is 10.1. The topological polar surface area (TPSA) is 77.1 Å². The molecule has 2 atom stereocenters. The van der Waals surface area contributed by atoms with Gasteiger partial charge in [0, 0.05) is 18.5 Å². The van der Waals surface area contributed by atoms with Crippen molar-refractivity contribution in [1.29, 1.82) is 0 Å². The number of para-hydroxylation sites is 1. The highest BCUT2D eigenvalue weighted by molar-refractivity contribution is 6.00. The Labute approximate surface area is 175 Å². The number of carbonyl (C=O) groups excluding carboxylic acids is 2.